The van der Waals surface area contributed by atoms with E-state index in [0.29, 0.717) is 12.1 Å². The first kappa shape index (κ1) is 15.3. The molecule has 112 valence electrons. The van der Waals surface area contributed by atoms with Crippen LogP contribution in [-0.4, -0.2) is 28.4 Å². The number of carbonyl (C=O) groups is 2. The number of hydrogen-bond donors (Lipinski definition) is 1. The molecule has 4 nitrogen and oxygen atoms in total. The van der Waals surface area contributed by atoms with Gasteiger partial charge in [0.15, 0.2) is 5.76 Å². The van der Waals surface area contributed by atoms with Gasteiger partial charge in [0.25, 0.3) is 11.8 Å². The number of rotatable bonds is 6. The number of aliphatic hydroxyl groups is 1. The first-order valence-corrected chi connectivity index (χ1v) is 7.42. The van der Waals surface area contributed by atoms with Crippen LogP contribution < -0.4 is 0 Å². The Kier molecular flexibility index (Phi) is 4.78. The molecule has 0 saturated carbocycles. The van der Waals surface area contributed by atoms with Crippen molar-refractivity contribution < 1.29 is 14.7 Å². The fraction of sp³-hybridized carbons (Fsp3) is 0.412. The lowest BCUT2D eigenvalue weighted by Crippen LogP contribution is -2.32. The van der Waals surface area contributed by atoms with E-state index in [4.69, 9.17) is 0 Å². The normalized spacial score (nSPS) is 15.2. The standard InChI is InChI=1S/C17H21NO3/c1-3-4-5-6-11-18-16(20)14(15(19)17(18)21)13-9-7-12(2)8-10-13/h7-10,19H,3-6,11H2,1-2H3. The molecule has 1 aromatic carbocycles. The monoisotopic (exact) mass is 287 g/mol. The highest BCUT2D eigenvalue weighted by Crippen LogP contribution is 2.28. The molecule has 1 aliphatic rings. The molecule has 0 aliphatic carbocycles. The number of imide groups is 1. The van der Waals surface area contributed by atoms with Crippen LogP contribution in [0.4, 0.5) is 0 Å². The van der Waals surface area contributed by atoms with E-state index in [-0.39, 0.29) is 5.57 Å². The lowest BCUT2D eigenvalue weighted by Gasteiger charge is -2.14. The summed E-state index contributed by atoms with van der Waals surface area (Å²) in [5.41, 5.74) is 1.77. The number of nitrogens with zero attached hydrogens (tertiary/aromatic N) is 1. The van der Waals surface area contributed by atoms with Crippen LogP contribution in [0.25, 0.3) is 5.57 Å². The lowest BCUT2D eigenvalue weighted by molar-refractivity contribution is -0.138. The number of benzene rings is 1. The van der Waals surface area contributed by atoms with E-state index >= 15 is 0 Å². The molecule has 1 heterocycles. The van der Waals surface area contributed by atoms with Gasteiger partial charge in [-0.15, -0.1) is 0 Å². The van der Waals surface area contributed by atoms with Gasteiger partial charge in [0.2, 0.25) is 0 Å². The van der Waals surface area contributed by atoms with Gasteiger partial charge in [0.05, 0.1) is 5.57 Å². The molecule has 1 N–H and O–H groups in total. The van der Waals surface area contributed by atoms with Crippen LogP contribution in [0.5, 0.6) is 0 Å². The molecule has 0 aromatic heterocycles. The van der Waals surface area contributed by atoms with E-state index in [1.807, 2.05) is 19.1 Å². The van der Waals surface area contributed by atoms with Crippen molar-refractivity contribution in [1.29, 1.82) is 0 Å². The van der Waals surface area contributed by atoms with E-state index in [1.165, 1.54) is 0 Å². The van der Waals surface area contributed by atoms with Gasteiger partial charge in [-0.25, -0.2) is 0 Å². The summed E-state index contributed by atoms with van der Waals surface area (Å²) in [5, 5.41) is 9.99. The van der Waals surface area contributed by atoms with Gasteiger partial charge >= 0.3 is 0 Å². The fourth-order valence-corrected chi connectivity index (χ4v) is 2.44. The zero-order valence-corrected chi connectivity index (χ0v) is 12.6. The molecular weight excluding hydrogens is 266 g/mol. The maximum atomic E-state index is 12.4. The Morgan fingerprint density at radius 3 is 2.29 bits per heavy atom. The fourth-order valence-electron chi connectivity index (χ4n) is 2.44. The Morgan fingerprint density at radius 1 is 1.00 bits per heavy atom. The zero-order valence-electron chi connectivity index (χ0n) is 12.6. The zero-order chi connectivity index (χ0) is 15.4. The highest BCUT2D eigenvalue weighted by atomic mass is 16.3. The molecule has 1 aromatic rings. The van der Waals surface area contributed by atoms with Crippen molar-refractivity contribution in [3.63, 3.8) is 0 Å². The molecule has 1 aliphatic heterocycles. The van der Waals surface area contributed by atoms with Crippen LogP contribution in [0.15, 0.2) is 30.0 Å². The molecule has 4 heteroatoms. The average molecular weight is 287 g/mol. The SMILES string of the molecule is CCCCCCN1C(=O)C(O)=C(c2ccc(C)cc2)C1=O. The number of aliphatic hydroxyl groups excluding tert-OH is 1. The second-order valence-electron chi connectivity index (χ2n) is 5.41. The van der Waals surface area contributed by atoms with Crippen molar-refractivity contribution in [2.75, 3.05) is 6.54 Å². The van der Waals surface area contributed by atoms with Gasteiger partial charge in [0, 0.05) is 6.54 Å². The van der Waals surface area contributed by atoms with Gasteiger partial charge in [-0.05, 0) is 18.9 Å². The second kappa shape index (κ2) is 6.57. The van der Waals surface area contributed by atoms with Gasteiger partial charge in [-0.2, -0.15) is 0 Å². The number of aryl methyl sites for hydroxylation is 1. The van der Waals surface area contributed by atoms with Gasteiger partial charge < -0.3 is 5.11 Å². The third-order valence-electron chi connectivity index (χ3n) is 3.72. The molecule has 0 radical (unpaired) electrons. The summed E-state index contributed by atoms with van der Waals surface area (Å²) >= 11 is 0. The van der Waals surface area contributed by atoms with Gasteiger partial charge in [0.1, 0.15) is 0 Å². The van der Waals surface area contributed by atoms with Gasteiger partial charge in [-0.1, -0.05) is 56.0 Å². The first-order chi connectivity index (χ1) is 10.1. The third kappa shape index (κ3) is 3.15. The Labute approximate surface area is 125 Å². The summed E-state index contributed by atoms with van der Waals surface area (Å²) in [6, 6.07) is 7.23. The molecule has 2 amide bonds. The smallest absolute Gasteiger partial charge is 0.296 e. The maximum absolute atomic E-state index is 12.4. The van der Waals surface area contributed by atoms with Crippen LogP contribution in [0.3, 0.4) is 0 Å². The molecule has 0 fully saturated rings. The second-order valence-corrected chi connectivity index (χ2v) is 5.41. The summed E-state index contributed by atoms with van der Waals surface area (Å²) in [4.78, 5) is 25.5. The molecule has 0 unspecified atom stereocenters. The summed E-state index contributed by atoms with van der Waals surface area (Å²) in [7, 11) is 0. The minimum atomic E-state index is -0.577. The molecule has 21 heavy (non-hydrogen) atoms. The molecule has 0 atom stereocenters. The number of carbonyl (C=O) groups excluding carboxylic acids is 2. The maximum Gasteiger partial charge on any atom is 0.296 e. The van der Waals surface area contributed by atoms with Crippen molar-refractivity contribution in [1.82, 2.24) is 4.90 Å². The van der Waals surface area contributed by atoms with Crippen molar-refractivity contribution >= 4 is 17.4 Å². The highest BCUT2D eigenvalue weighted by Gasteiger charge is 2.38. The van der Waals surface area contributed by atoms with E-state index in [2.05, 4.69) is 6.92 Å². The Morgan fingerprint density at radius 2 is 1.67 bits per heavy atom. The number of hydrogen-bond acceptors (Lipinski definition) is 3. The molecular formula is C17H21NO3. The van der Waals surface area contributed by atoms with E-state index in [9.17, 15) is 14.7 Å². The Hall–Kier alpha value is -2.10. The lowest BCUT2D eigenvalue weighted by atomic mass is 10.0. The Bertz CT molecular complexity index is 572. The Balaban J connectivity index is 2.14. The van der Waals surface area contributed by atoms with Crippen molar-refractivity contribution in [3.8, 4) is 0 Å². The molecule has 0 bridgehead atoms. The average Bonchev–Trinajstić information content (AvgIpc) is 2.68. The third-order valence-corrected chi connectivity index (χ3v) is 3.72. The molecule has 0 spiro atoms. The van der Waals surface area contributed by atoms with E-state index in [1.54, 1.807) is 12.1 Å². The van der Waals surface area contributed by atoms with Crippen molar-refractivity contribution in [2.24, 2.45) is 0 Å². The quantitative estimate of drug-likeness (QED) is 0.645. The minimum Gasteiger partial charge on any atom is -0.502 e. The molecule has 0 saturated heterocycles. The summed E-state index contributed by atoms with van der Waals surface area (Å²) in [5.74, 6) is -1.40. The van der Waals surface area contributed by atoms with Crippen LogP contribution in [0, 0.1) is 6.92 Å². The van der Waals surface area contributed by atoms with Crippen molar-refractivity contribution in [3.05, 3.63) is 41.2 Å². The van der Waals surface area contributed by atoms with E-state index < -0.39 is 17.6 Å². The summed E-state index contributed by atoms with van der Waals surface area (Å²) in [6.45, 7) is 4.42. The van der Waals surface area contributed by atoms with Crippen LogP contribution in [-0.2, 0) is 9.59 Å². The van der Waals surface area contributed by atoms with Crippen LogP contribution in [0.2, 0.25) is 0 Å². The van der Waals surface area contributed by atoms with Crippen molar-refractivity contribution in [2.45, 2.75) is 39.5 Å². The largest absolute Gasteiger partial charge is 0.502 e. The topological polar surface area (TPSA) is 57.6 Å². The predicted octanol–water partition coefficient (Wildman–Crippen LogP) is 3.21. The number of unbranched alkanes of at least 4 members (excludes halogenated alkanes) is 3. The van der Waals surface area contributed by atoms with Crippen LogP contribution >= 0.6 is 0 Å². The first-order valence-electron chi connectivity index (χ1n) is 7.42. The number of amides is 2. The van der Waals surface area contributed by atoms with Crippen LogP contribution in [0.1, 0.15) is 43.7 Å². The van der Waals surface area contributed by atoms with E-state index in [0.717, 1.165) is 36.1 Å². The highest BCUT2D eigenvalue weighted by molar-refractivity contribution is 6.34. The van der Waals surface area contributed by atoms with Gasteiger partial charge in [-0.3, -0.25) is 14.5 Å². The summed E-state index contributed by atoms with van der Waals surface area (Å²) < 4.78 is 0. The molecule has 2 rings (SSSR count). The summed E-state index contributed by atoms with van der Waals surface area (Å²) in [6.07, 6.45) is 3.94. The minimum absolute atomic E-state index is 0.121. The predicted molar refractivity (Wildman–Crippen MR) is 81.6 cm³/mol.